The van der Waals surface area contributed by atoms with E-state index in [1.54, 1.807) is 0 Å². The van der Waals surface area contributed by atoms with Crippen molar-refractivity contribution in [1.82, 2.24) is 4.90 Å². The normalized spacial score (nSPS) is 30.0. The predicted octanol–water partition coefficient (Wildman–Crippen LogP) is 1.55. The highest BCUT2D eigenvalue weighted by Gasteiger charge is 2.31. The molecular weight excluding hydrogens is 180 g/mol. The van der Waals surface area contributed by atoms with Gasteiger partial charge < -0.3 is 5.73 Å². The molecule has 1 aliphatic rings. The molecule has 2 atom stereocenters. The Bertz CT molecular complexity index is 157. The van der Waals surface area contributed by atoms with Crippen LogP contribution in [0.3, 0.4) is 0 Å². The lowest BCUT2D eigenvalue weighted by Crippen LogP contribution is -2.55. The van der Waals surface area contributed by atoms with Gasteiger partial charge in [0.15, 0.2) is 0 Å². The van der Waals surface area contributed by atoms with Crippen LogP contribution in [-0.4, -0.2) is 41.1 Å². The Balaban J connectivity index is 2.57. The fraction of sp³-hybridized carbons (Fsp3) is 1.00. The quantitative estimate of drug-likeness (QED) is 0.753. The van der Waals surface area contributed by atoms with Crippen molar-refractivity contribution in [2.45, 2.75) is 38.0 Å². The highest BCUT2D eigenvalue weighted by atomic mass is 32.2. The summed E-state index contributed by atoms with van der Waals surface area (Å²) in [6.45, 7) is 10.0. The van der Waals surface area contributed by atoms with Gasteiger partial charge in [-0.2, -0.15) is 11.8 Å². The summed E-state index contributed by atoms with van der Waals surface area (Å²) in [4.78, 5) is 2.56. The zero-order valence-corrected chi connectivity index (χ0v) is 9.86. The monoisotopic (exact) mass is 202 g/mol. The summed E-state index contributed by atoms with van der Waals surface area (Å²) in [5, 5.41) is 0.770. The average Bonchev–Trinajstić information content (AvgIpc) is 2.17. The van der Waals surface area contributed by atoms with Crippen molar-refractivity contribution in [3.63, 3.8) is 0 Å². The lowest BCUT2D eigenvalue weighted by molar-refractivity contribution is 0.112. The van der Waals surface area contributed by atoms with Crippen LogP contribution in [-0.2, 0) is 0 Å². The van der Waals surface area contributed by atoms with Gasteiger partial charge in [-0.3, -0.25) is 4.90 Å². The lowest BCUT2D eigenvalue weighted by Gasteiger charge is -2.44. The molecule has 0 radical (unpaired) electrons. The second kappa shape index (κ2) is 4.67. The molecule has 3 heteroatoms. The Kier molecular flexibility index (Phi) is 4.07. The Hall–Kier alpha value is 0.270. The summed E-state index contributed by atoms with van der Waals surface area (Å²) in [6, 6.07) is 0. The molecule has 1 rings (SSSR count). The molecule has 1 fully saturated rings. The molecule has 78 valence electrons. The van der Waals surface area contributed by atoms with Gasteiger partial charge in [0.2, 0.25) is 0 Å². The fourth-order valence-corrected chi connectivity index (χ4v) is 2.82. The minimum absolute atomic E-state index is 0.231. The molecule has 0 aromatic rings. The summed E-state index contributed by atoms with van der Waals surface area (Å²) in [5.41, 5.74) is 6.08. The molecule has 0 aliphatic carbocycles. The minimum atomic E-state index is 0.231. The van der Waals surface area contributed by atoms with Crippen LogP contribution < -0.4 is 5.73 Å². The zero-order valence-electron chi connectivity index (χ0n) is 9.05. The van der Waals surface area contributed by atoms with E-state index in [2.05, 4.69) is 37.4 Å². The van der Waals surface area contributed by atoms with Gasteiger partial charge in [-0.05, 0) is 13.3 Å². The minimum Gasteiger partial charge on any atom is -0.329 e. The molecule has 2 N–H and O–H groups in total. The Morgan fingerprint density at radius 1 is 1.62 bits per heavy atom. The number of hydrogen-bond acceptors (Lipinski definition) is 3. The van der Waals surface area contributed by atoms with Gasteiger partial charge in [-0.15, -0.1) is 0 Å². The molecule has 2 unspecified atom stereocenters. The molecular formula is C10H22N2S. The van der Waals surface area contributed by atoms with E-state index in [4.69, 9.17) is 5.73 Å². The van der Waals surface area contributed by atoms with Gasteiger partial charge in [0.1, 0.15) is 0 Å². The SMILES string of the molecule is CCC(C)(CN)N1CCSC(C)C1. The van der Waals surface area contributed by atoms with Crippen molar-refractivity contribution >= 4 is 11.8 Å². The number of hydrogen-bond donors (Lipinski definition) is 1. The van der Waals surface area contributed by atoms with E-state index in [0.717, 1.165) is 18.2 Å². The molecule has 0 saturated carbocycles. The lowest BCUT2D eigenvalue weighted by atomic mass is 9.96. The maximum atomic E-state index is 5.85. The van der Waals surface area contributed by atoms with Gasteiger partial charge >= 0.3 is 0 Å². The first kappa shape index (κ1) is 11.3. The first-order valence-corrected chi connectivity index (χ1v) is 6.24. The summed E-state index contributed by atoms with van der Waals surface area (Å²) in [7, 11) is 0. The summed E-state index contributed by atoms with van der Waals surface area (Å²) in [5.74, 6) is 1.26. The molecule has 0 aromatic heterocycles. The summed E-state index contributed by atoms with van der Waals surface area (Å²) >= 11 is 2.08. The Morgan fingerprint density at radius 3 is 2.77 bits per heavy atom. The van der Waals surface area contributed by atoms with E-state index in [0.29, 0.717) is 0 Å². The predicted molar refractivity (Wildman–Crippen MR) is 61.2 cm³/mol. The topological polar surface area (TPSA) is 29.3 Å². The van der Waals surface area contributed by atoms with E-state index < -0.39 is 0 Å². The van der Waals surface area contributed by atoms with E-state index in [-0.39, 0.29) is 5.54 Å². The largest absolute Gasteiger partial charge is 0.329 e. The Morgan fingerprint density at radius 2 is 2.31 bits per heavy atom. The third-order valence-corrected chi connectivity index (χ3v) is 4.34. The standard InChI is InChI=1S/C10H22N2S/c1-4-10(3,8-11)12-5-6-13-9(2)7-12/h9H,4-8,11H2,1-3H3. The first-order valence-electron chi connectivity index (χ1n) is 5.19. The number of rotatable bonds is 3. The second-order valence-electron chi connectivity index (χ2n) is 4.18. The van der Waals surface area contributed by atoms with Crippen molar-refractivity contribution in [2.75, 3.05) is 25.4 Å². The van der Waals surface area contributed by atoms with Gasteiger partial charge in [0, 0.05) is 36.2 Å². The van der Waals surface area contributed by atoms with Crippen molar-refractivity contribution in [2.24, 2.45) is 5.73 Å². The molecule has 1 heterocycles. The van der Waals surface area contributed by atoms with Crippen LogP contribution >= 0.6 is 11.8 Å². The average molecular weight is 202 g/mol. The zero-order chi connectivity index (χ0) is 9.90. The van der Waals surface area contributed by atoms with E-state index >= 15 is 0 Å². The molecule has 0 aromatic carbocycles. The molecule has 0 bridgehead atoms. The number of nitrogens with two attached hydrogens (primary N) is 1. The summed E-state index contributed by atoms with van der Waals surface area (Å²) < 4.78 is 0. The van der Waals surface area contributed by atoms with Crippen molar-refractivity contribution < 1.29 is 0 Å². The van der Waals surface area contributed by atoms with Crippen molar-refractivity contribution in [3.8, 4) is 0 Å². The van der Waals surface area contributed by atoms with Crippen molar-refractivity contribution in [1.29, 1.82) is 0 Å². The molecule has 1 aliphatic heterocycles. The highest BCUT2D eigenvalue weighted by Crippen LogP contribution is 2.26. The van der Waals surface area contributed by atoms with Crippen LogP contribution in [0, 0.1) is 0 Å². The second-order valence-corrected chi connectivity index (χ2v) is 5.73. The van der Waals surface area contributed by atoms with Gasteiger partial charge in [-0.1, -0.05) is 13.8 Å². The molecule has 13 heavy (non-hydrogen) atoms. The Labute approximate surface area is 86.2 Å². The van der Waals surface area contributed by atoms with Crippen LogP contribution in [0.2, 0.25) is 0 Å². The van der Waals surface area contributed by atoms with E-state index in [1.165, 1.54) is 18.8 Å². The van der Waals surface area contributed by atoms with Crippen LogP contribution in [0.1, 0.15) is 27.2 Å². The van der Waals surface area contributed by atoms with Crippen LogP contribution in [0.5, 0.6) is 0 Å². The molecule has 0 spiro atoms. The van der Waals surface area contributed by atoms with Crippen LogP contribution in [0.25, 0.3) is 0 Å². The summed E-state index contributed by atoms with van der Waals surface area (Å²) in [6.07, 6.45) is 1.15. The van der Waals surface area contributed by atoms with Gasteiger partial charge in [-0.25, -0.2) is 0 Å². The first-order chi connectivity index (χ1) is 6.12. The molecule has 1 saturated heterocycles. The van der Waals surface area contributed by atoms with Crippen LogP contribution in [0.15, 0.2) is 0 Å². The third kappa shape index (κ3) is 2.61. The van der Waals surface area contributed by atoms with E-state index in [9.17, 15) is 0 Å². The van der Waals surface area contributed by atoms with Crippen molar-refractivity contribution in [3.05, 3.63) is 0 Å². The molecule has 2 nitrogen and oxygen atoms in total. The van der Waals surface area contributed by atoms with Gasteiger partial charge in [0.25, 0.3) is 0 Å². The fourth-order valence-electron chi connectivity index (χ4n) is 1.81. The third-order valence-electron chi connectivity index (χ3n) is 3.21. The van der Waals surface area contributed by atoms with Crippen LogP contribution in [0.4, 0.5) is 0 Å². The highest BCUT2D eigenvalue weighted by molar-refractivity contribution is 7.99. The smallest absolute Gasteiger partial charge is 0.0301 e. The van der Waals surface area contributed by atoms with Gasteiger partial charge in [0.05, 0.1) is 0 Å². The molecule has 0 amide bonds. The van der Waals surface area contributed by atoms with E-state index in [1.807, 2.05) is 0 Å². The maximum Gasteiger partial charge on any atom is 0.0301 e. The maximum absolute atomic E-state index is 5.85. The number of nitrogens with zero attached hydrogens (tertiary/aromatic N) is 1. The number of thioether (sulfide) groups is 1.